The molecule has 0 spiro atoms. The van der Waals surface area contributed by atoms with E-state index in [1.807, 2.05) is 18.2 Å². The number of fused-ring (bicyclic) bond motifs is 1. The number of ether oxygens (including phenoxy) is 1. The second kappa shape index (κ2) is 5.53. The zero-order valence-corrected chi connectivity index (χ0v) is 8.97. The first-order valence-corrected chi connectivity index (χ1v) is 5.28. The molecule has 16 heavy (non-hydrogen) atoms. The molecule has 0 fully saturated rings. The van der Waals surface area contributed by atoms with Crippen molar-refractivity contribution in [3.8, 4) is 0 Å². The molecule has 4 heteroatoms. The molecular formula is C12H14N2O2. The number of hydrogen-bond donors (Lipinski definition) is 1. The molecule has 0 saturated carbocycles. The number of aliphatic hydroxyl groups excluding tert-OH is 1. The molecule has 0 aliphatic rings. The summed E-state index contributed by atoms with van der Waals surface area (Å²) in [6.07, 6.45) is 4.20. The lowest BCUT2D eigenvalue weighted by Crippen LogP contribution is -2.03. The zero-order chi connectivity index (χ0) is 11.2. The summed E-state index contributed by atoms with van der Waals surface area (Å²) < 4.78 is 5.21. The Hall–Kier alpha value is -1.52. The Morgan fingerprint density at radius 2 is 1.88 bits per heavy atom. The zero-order valence-electron chi connectivity index (χ0n) is 8.97. The van der Waals surface area contributed by atoms with Crippen molar-refractivity contribution in [1.29, 1.82) is 0 Å². The van der Waals surface area contributed by atoms with Crippen LogP contribution >= 0.6 is 0 Å². The van der Waals surface area contributed by atoms with Gasteiger partial charge in [-0.3, -0.25) is 9.97 Å². The highest BCUT2D eigenvalue weighted by atomic mass is 16.5. The number of aromatic nitrogens is 2. The van der Waals surface area contributed by atoms with Crippen molar-refractivity contribution in [3.05, 3.63) is 36.2 Å². The van der Waals surface area contributed by atoms with Crippen LogP contribution in [0, 0.1) is 0 Å². The molecule has 0 aliphatic carbocycles. The van der Waals surface area contributed by atoms with Gasteiger partial charge in [0.2, 0.25) is 0 Å². The molecule has 1 N–H and O–H groups in total. The molecule has 2 aromatic rings. The highest BCUT2D eigenvalue weighted by Gasteiger charge is 1.98. The van der Waals surface area contributed by atoms with Crippen molar-refractivity contribution in [2.24, 2.45) is 0 Å². The SMILES string of the molecule is OCCOCCc1ccc2nccnc2c1. The van der Waals surface area contributed by atoms with E-state index in [1.54, 1.807) is 12.4 Å². The molecule has 1 aromatic carbocycles. The first-order valence-electron chi connectivity index (χ1n) is 5.28. The fraction of sp³-hybridized carbons (Fsp3) is 0.333. The van der Waals surface area contributed by atoms with E-state index >= 15 is 0 Å². The lowest BCUT2D eigenvalue weighted by molar-refractivity contribution is 0.0944. The minimum absolute atomic E-state index is 0.0726. The molecular weight excluding hydrogens is 204 g/mol. The van der Waals surface area contributed by atoms with E-state index in [1.165, 1.54) is 5.56 Å². The summed E-state index contributed by atoms with van der Waals surface area (Å²) in [4.78, 5) is 8.45. The first-order chi connectivity index (χ1) is 7.90. The fourth-order valence-electron chi connectivity index (χ4n) is 1.52. The van der Waals surface area contributed by atoms with Crippen LogP contribution in [0.4, 0.5) is 0 Å². The van der Waals surface area contributed by atoms with E-state index in [0.29, 0.717) is 13.2 Å². The minimum atomic E-state index is 0.0726. The van der Waals surface area contributed by atoms with Gasteiger partial charge in [-0.15, -0.1) is 0 Å². The highest BCUT2D eigenvalue weighted by molar-refractivity contribution is 5.74. The standard InChI is InChI=1S/C12H14N2O2/c15-6-8-16-7-3-10-1-2-11-12(9-10)14-5-4-13-11/h1-2,4-5,9,15H,3,6-8H2. The third-order valence-electron chi connectivity index (χ3n) is 2.30. The smallest absolute Gasteiger partial charge is 0.0889 e. The van der Waals surface area contributed by atoms with Gasteiger partial charge in [0.15, 0.2) is 0 Å². The summed E-state index contributed by atoms with van der Waals surface area (Å²) >= 11 is 0. The topological polar surface area (TPSA) is 55.2 Å². The molecule has 1 aromatic heterocycles. The molecule has 1 heterocycles. The molecule has 0 unspecified atom stereocenters. The summed E-state index contributed by atoms with van der Waals surface area (Å²) in [6, 6.07) is 6.01. The Bertz CT molecular complexity index is 459. The number of benzene rings is 1. The second-order valence-corrected chi connectivity index (χ2v) is 3.47. The molecule has 0 aliphatic heterocycles. The van der Waals surface area contributed by atoms with Crippen molar-refractivity contribution < 1.29 is 9.84 Å². The van der Waals surface area contributed by atoms with Gasteiger partial charge >= 0.3 is 0 Å². The molecule has 0 amide bonds. The summed E-state index contributed by atoms with van der Waals surface area (Å²) in [6.45, 7) is 1.09. The molecule has 84 valence electrons. The Kier molecular flexibility index (Phi) is 3.80. The Balaban J connectivity index is 2.02. The second-order valence-electron chi connectivity index (χ2n) is 3.47. The average molecular weight is 218 g/mol. The monoisotopic (exact) mass is 218 g/mol. The summed E-state index contributed by atoms with van der Waals surface area (Å²) in [7, 11) is 0. The minimum Gasteiger partial charge on any atom is -0.394 e. The van der Waals surface area contributed by atoms with E-state index in [0.717, 1.165) is 17.5 Å². The Morgan fingerprint density at radius 1 is 1.06 bits per heavy atom. The Morgan fingerprint density at radius 3 is 2.69 bits per heavy atom. The maximum atomic E-state index is 8.56. The van der Waals surface area contributed by atoms with Crippen LogP contribution < -0.4 is 0 Å². The quantitative estimate of drug-likeness (QED) is 0.766. The first kappa shape index (κ1) is 11.0. The maximum absolute atomic E-state index is 8.56. The van der Waals surface area contributed by atoms with Crippen LogP contribution in [0.3, 0.4) is 0 Å². The Labute approximate surface area is 93.9 Å². The van der Waals surface area contributed by atoms with Gasteiger partial charge in [-0.25, -0.2) is 0 Å². The molecule has 2 rings (SSSR count). The summed E-state index contributed by atoms with van der Waals surface area (Å²) in [5, 5.41) is 8.56. The van der Waals surface area contributed by atoms with Crippen LogP contribution in [-0.2, 0) is 11.2 Å². The summed E-state index contributed by atoms with van der Waals surface area (Å²) in [5.74, 6) is 0. The molecule has 0 bridgehead atoms. The maximum Gasteiger partial charge on any atom is 0.0889 e. The highest BCUT2D eigenvalue weighted by Crippen LogP contribution is 2.11. The van der Waals surface area contributed by atoms with E-state index in [-0.39, 0.29) is 6.61 Å². The van der Waals surface area contributed by atoms with E-state index in [2.05, 4.69) is 9.97 Å². The lowest BCUT2D eigenvalue weighted by atomic mass is 10.1. The van der Waals surface area contributed by atoms with Gasteiger partial charge in [0.25, 0.3) is 0 Å². The van der Waals surface area contributed by atoms with Gasteiger partial charge in [0.05, 0.1) is 30.9 Å². The van der Waals surface area contributed by atoms with Crippen LogP contribution in [-0.4, -0.2) is 34.9 Å². The van der Waals surface area contributed by atoms with Gasteiger partial charge in [-0.2, -0.15) is 0 Å². The number of nitrogens with zero attached hydrogens (tertiary/aromatic N) is 2. The van der Waals surface area contributed by atoms with Crippen LogP contribution in [0.25, 0.3) is 11.0 Å². The number of hydrogen-bond acceptors (Lipinski definition) is 4. The molecule has 0 radical (unpaired) electrons. The predicted molar refractivity (Wildman–Crippen MR) is 61.1 cm³/mol. The van der Waals surface area contributed by atoms with Gasteiger partial charge in [0, 0.05) is 12.4 Å². The van der Waals surface area contributed by atoms with E-state index in [4.69, 9.17) is 9.84 Å². The van der Waals surface area contributed by atoms with Crippen LogP contribution in [0.5, 0.6) is 0 Å². The normalized spacial score (nSPS) is 10.8. The summed E-state index contributed by atoms with van der Waals surface area (Å²) in [5.41, 5.74) is 2.98. The van der Waals surface area contributed by atoms with Crippen molar-refractivity contribution in [2.75, 3.05) is 19.8 Å². The third kappa shape index (κ3) is 2.74. The van der Waals surface area contributed by atoms with Crippen molar-refractivity contribution in [2.45, 2.75) is 6.42 Å². The molecule has 0 atom stereocenters. The van der Waals surface area contributed by atoms with Crippen LogP contribution in [0.2, 0.25) is 0 Å². The van der Waals surface area contributed by atoms with E-state index in [9.17, 15) is 0 Å². The number of aliphatic hydroxyl groups is 1. The van der Waals surface area contributed by atoms with Crippen LogP contribution in [0.15, 0.2) is 30.6 Å². The van der Waals surface area contributed by atoms with Gasteiger partial charge in [-0.05, 0) is 24.1 Å². The van der Waals surface area contributed by atoms with Crippen LogP contribution in [0.1, 0.15) is 5.56 Å². The van der Waals surface area contributed by atoms with Crippen molar-refractivity contribution in [3.63, 3.8) is 0 Å². The fourth-order valence-corrected chi connectivity index (χ4v) is 1.52. The largest absolute Gasteiger partial charge is 0.394 e. The molecule has 4 nitrogen and oxygen atoms in total. The number of rotatable bonds is 5. The van der Waals surface area contributed by atoms with Gasteiger partial charge in [0.1, 0.15) is 0 Å². The van der Waals surface area contributed by atoms with Crippen molar-refractivity contribution >= 4 is 11.0 Å². The van der Waals surface area contributed by atoms with Gasteiger partial charge < -0.3 is 9.84 Å². The van der Waals surface area contributed by atoms with Gasteiger partial charge in [-0.1, -0.05) is 6.07 Å². The lowest BCUT2D eigenvalue weighted by Gasteiger charge is -2.03. The van der Waals surface area contributed by atoms with E-state index < -0.39 is 0 Å². The van der Waals surface area contributed by atoms with Crippen molar-refractivity contribution in [1.82, 2.24) is 9.97 Å². The average Bonchev–Trinajstić information content (AvgIpc) is 2.34. The third-order valence-corrected chi connectivity index (χ3v) is 2.30. The molecule has 0 saturated heterocycles. The predicted octanol–water partition coefficient (Wildman–Crippen LogP) is 1.18.